The number of nitrogens with zero attached hydrogens (tertiary/aromatic N) is 4. The summed E-state index contributed by atoms with van der Waals surface area (Å²) in [5.74, 6) is 0. The fourth-order valence-corrected chi connectivity index (χ4v) is 3.07. The zero-order chi connectivity index (χ0) is 16.7. The first kappa shape index (κ1) is 18.1. The fourth-order valence-electron chi connectivity index (χ4n) is 2.30. The molecule has 0 saturated heterocycles. The summed E-state index contributed by atoms with van der Waals surface area (Å²) in [5, 5.41) is 10.8. The van der Waals surface area contributed by atoms with Crippen molar-refractivity contribution in [3.05, 3.63) is 22.8 Å². The second-order valence-corrected chi connectivity index (χ2v) is 6.77. The predicted octanol–water partition coefficient (Wildman–Crippen LogP) is 1.99. The lowest BCUT2D eigenvalue weighted by Crippen LogP contribution is -2.31. The van der Waals surface area contributed by atoms with E-state index in [1.807, 2.05) is 26.4 Å². The van der Waals surface area contributed by atoms with Crippen LogP contribution in [0.15, 0.2) is 17.8 Å². The summed E-state index contributed by atoms with van der Waals surface area (Å²) in [6.07, 6.45) is 5.12. The number of aromatic nitrogens is 3. The van der Waals surface area contributed by atoms with Crippen LogP contribution in [0.1, 0.15) is 18.4 Å². The van der Waals surface area contributed by atoms with E-state index in [2.05, 4.69) is 39.8 Å². The van der Waals surface area contributed by atoms with Gasteiger partial charge < -0.3 is 15.0 Å². The molecule has 0 aromatic carbocycles. The Morgan fingerprint density at radius 1 is 1.43 bits per heavy atom. The van der Waals surface area contributed by atoms with Crippen LogP contribution in [0, 0.1) is 0 Å². The summed E-state index contributed by atoms with van der Waals surface area (Å²) in [4.78, 5) is 6.85. The highest BCUT2D eigenvalue weighted by Crippen LogP contribution is 2.20. The minimum atomic E-state index is 0.250. The molecule has 0 saturated carbocycles. The van der Waals surface area contributed by atoms with Crippen LogP contribution in [0.25, 0.3) is 11.3 Å². The predicted molar refractivity (Wildman–Crippen MR) is 94.6 cm³/mol. The molecule has 2 aromatic rings. The first-order chi connectivity index (χ1) is 11.1. The molecule has 0 aliphatic rings. The lowest BCUT2D eigenvalue weighted by atomic mass is 10.2. The van der Waals surface area contributed by atoms with Gasteiger partial charge in [-0.3, -0.25) is 4.68 Å². The van der Waals surface area contributed by atoms with E-state index >= 15 is 0 Å². The van der Waals surface area contributed by atoms with Gasteiger partial charge in [0.05, 0.1) is 18.0 Å². The number of hydrogen-bond donors (Lipinski definition) is 1. The van der Waals surface area contributed by atoms with Gasteiger partial charge in [0.1, 0.15) is 5.01 Å². The van der Waals surface area contributed by atoms with Gasteiger partial charge in [0.25, 0.3) is 0 Å². The minimum absolute atomic E-state index is 0.250. The number of ether oxygens (including phenoxy) is 1. The van der Waals surface area contributed by atoms with E-state index in [0.29, 0.717) is 0 Å². The normalized spacial score (nSPS) is 12.9. The molecular weight excluding hydrogens is 310 g/mol. The molecule has 0 spiro atoms. The molecule has 0 bridgehead atoms. The van der Waals surface area contributed by atoms with E-state index in [9.17, 15) is 0 Å². The van der Waals surface area contributed by atoms with Crippen molar-refractivity contribution >= 4 is 11.3 Å². The third-order valence-electron chi connectivity index (χ3n) is 3.50. The highest BCUT2D eigenvalue weighted by atomic mass is 32.1. The molecule has 0 aliphatic heterocycles. The van der Waals surface area contributed by atoms with Crippen LogP contribution in [-0.2, 0) is 18.3 Å². The summed E-state index contributed by atoms with van der Waals surface area (Å²) in [7, 11) is 6.10. The summed E-state index contributed by atoms with van der Waals surface area (Å²) in [5.41, 5.74) is 2.06. The second-order valence-electron chi connectivity index (χ2n) is 5.83. The Hall–Kier alpha value is -1.28. The SMILES string of the molecule is CCOC(CCN(C)C)CNCc1nc(-c2cnn(C)c2)cs1. The van der Waals surface area contributed by atoms with Crippen molar-refractivity contribution in [3.8, 4) is 11.3 Å². The van der Waals surface area contributed by atoms with Crippen molar-refractivity contribution < 1.29 is 4.74 Å². The molecule has 23 heavy (non-hydrogen) atoms. The van der Waals surface area contributed by atoms with Crippen molar-refractivity contribution in [3.63, 3.8) is 0 Å². The Morgan fingerprint density at radius 3 is 2.91 bits per heavy atom. The molecule has 2 heterocycles. The standard InChI is InChI=1S/C16H27N5OS/c1-5-22-14(6-7-20(2)3)9-17-10-16-19-15(12-23-16)13-8-18-21(4)11-13/h8,11-12,14,17H,5-7,9-10H2,1-4H3. The molecule has 0 radical (unpaired) electrons. The van der Waals surface area contributed by atoms with E-state index in [1.54, 1.807) is 16.0 Å². The van der Waals surface area contributed by atoms with Crippen LogP contribution in [0.3, 0.4) is 0 Å². The Morgan fingerprint density at radius 2 is 2.26 bits per heavy atom. The van der Waals surface area contributed by atoms with Crippen LogP contribution in [0.5, 0.6) is 0 Å². The maximum atomic E-state index is 5.79. The molecule has 128 valence electrons. The van der Waals surface area contributed by atoms with Crippen LogP contribution in [0.2, 0.25) is 0 Å². The number of rotatable bonds is 10. The Balaban J connectivity index is 1.79. The first-order valence-electron chi connectivity index (χ1n) is 7.99. The second kappa shape index (κ2) is 9.12. The largest absolute Gasteiger partial charge is 0.377 e. The van der Waals surface area contributed by atoms with Gasteiger partial charge >= 0.3 is 0 Å². The van der Waals surface area contributed by atoms with Gasteiger partial charge in [0.15, 0.2) is 0 Å². The summed E-state index contributed by atoms with van der Waals surface area (Å²) >= 11 is 1.68. The highest BCUT2D eigenvalue weighted by molar-refractivity contribution is 7.09. The molecule has 2 rings (SSSR count). The van der Waals surface area contributed by atoms with Gasteiger partial charge in [-0.25, -0.2) is 4.98 Å². The molecule has 6 nitrogen and oxygen atoms in total. The van der Waals surface area contributed by atoms with Crippen LogP contribution in [-0.4, -0.2) is 59.6 Å². The lowest BCUT2D eigenvalue weighted by Gasteiger charge is -2.19. The van der Waals surface area contributed by atoms with Crippen LogP contribution < -0.4 is 5.32 Å². The van der Waals surface area contributed by atoms with Crippen LogP contribution >= 0.6 is 11.3 Å². The topological polar surface area (TPSA) is 55.2 Å². The van der Waals surface area contributed by atoms with Crippen molar-refractivity contribution in [1.29, 1.82) is 0 Å². The van der Waals surface area contributed by atoms with Gasteiger partial charge in [-0.05, 0) is 27.4 Å². The minimum Gasteiger partial charge on any atom is -0.377 e. The van der Waals surface area contributed by atoms with Gasteiger partial charge in [-0.2, -0.15) is 5.10 Å². The van der Waals surface area contributed by atoms with Gasteiger partial charge in [0.2, 0.25) is 0 Å². The first-order valence-corrected chi connectivity index (χ1v) is 8.87. The number of thiazole rings is 1. The quantitative estimate of drug-likeness (QED) is 0.718. The van der Waals surface area contributed by atoms with E-state index in [-0.39, 0.29) is 6.10 Å². The molecule has 0 fully saturated rings. The molecule has 1 N–H and O–H groups in total. The van der Waals surface area contributed by atoms with Crippen molar-refractivity contribution in [2.75, 3.05) is 33.8 Å². The monoisotopic (exact) mass is 337 g/mol. The van der Waals surface area contributed by atoms with Gasteiger partial charge in [-0.15, -0.1) is 11.3 Å². The van der Waals surface area contributed by atoms with Crippen molar-refractivity contribution in [2.24, 2.45) is 7.05 Å². The van der Waals surface area contributed by atoms with Crippen molar-refractivity contribution in [2.45, 2.75) is 26.0 Å². The maximum absolute atomic E-state index is 5.79. The summed E-state index contributed by atoms with van der Waals surface area (Å²) in [6, 6.07) is 0. The number of hydrogen-bond acceptors (Lipinski definition) is 6. The maximum Gasteiger partial charge on any atom is 0.107 e. The average Bonchev–Trinajstić information content (AvgIpc) is 3.13. The summed E-state index contributed by atoms with van der Waals surface area (Å²) in [6.45, 7) is 5.46. The van der Waals surface area contributed by atoms with E-state index in [1.165, 1.54) is 0 Å². The lowest BCUT2D eigenvalue weighted by molar-refractivity contribution is 0.0517. The van der Waals surface area contributed by atoms with Crippen molar-refractivity contribution in [1.82, 2.24) is 25.0 Å². The molecule has 7 heteroatoms. The van der Waals surface area contributed by atoms with Gasteiger partial charge in [-0.1, -0.05) is 0 Å². The third-order valence-corrected chi connectivity index (χ3v) is 4.35. The smallest absolute Gasteiger partial charge is 0.107 e. The zero-order valence-electron chi connectivity index (χ0n) is 14.5. The van der Waals surface area contributed by atoms with E-state index < -0.39 is 0 Å². The fraction of sp³-hybridized carbons (Fsp3) is 0.625. The Kier molecular flexibility index (Phi) is 7.16. The molecule has 0 aliphatic carbocycles. The molecule has 1 atom stereocenters. The van der Waals surface area contributed by atoms with E-state index in [0.717, 1.165) is 48.9 Å². The molecule has 0 amide bonds. The summed E-state index contributed by atoms with van der Waals surface area (Å²) < 4.78 is 7.59. The highest BCUT2D eigenvalue weighted by Gasteiger charge is 2.10. The van der Waals surface area contributed by atoms with E-state index in [4.69, 9.17) is 4.74 Å². The van der Waals surface area contributed by atoms with Gasteiger partial charge in [0, 0.05) is 50.4 Å². The molecule has 1 unspecified atom stereocenters. The van der Waals surface area contributed by atoms with Crippen LogP contribution in [0.4, 0.5) is 0 Å². The number of aryl methyl sites for hydroxylation is 1. The third kappa shape index (κ3) is 6.02. The Labute approximate surface area is 142 Å². The zero-order valence-corrected chi connectivity index (χ0v) is 15.3. The Bertz CT molecular complexity index is 581. The number of nitrogens with one attached hydrogen (secondary N) is 1. The molecule has 2 aromatic heterocycles. The average molecular weight is 337 g/mol. The molecular formula is C16H27N5OS.